The Morgan fingerprint density at radius 2 is 1.13 bits per heavy atom. The summed E-state index contributed by atoms with van der Waals surface area (Å²) >= 11 is 0. The summed E-state index contributed by atoms with van der Waals surface area (Å²) in [5.41, 5.74) is 7.64. The Bertz CT molecular complexity index is 1740. The van der Waals surface area contributed by atoms with Crippen LogP contribution in [0, 0.1) is 0 Å². The van der Waals surface area contributed by atoms with E-state index in [0.717, 1.165) is 5.69 Å². The van der Waals surface area contributed by atoms with Gasteiger partial charge in [-0.25, -0.2) is 0 Å². The molecule has 39 heavy (non-hydrogen) atoms. The van der Waals surface area contributed by atoms with Crippen LogP contribution >= 0.6 is 0 Å². The first-order chi connectivity index (χ1) is 19.4. The lowest BCUT2D eigenvalue weighted by Gasteiger charge is -2.29. The van der Waals surface area contributed by atoms with Gasteiger partial charge in [0.1, 0.15) is 0 Å². The van der Waals surface area contributed by atoms with Gasteiger partial charge in [-0.05, 0) is 81.8 Å². The summed E-state index contributed by atoms with van der Waals surface area (Å²) in [5.74, 6) is 0.640. The summed E-state index contributed by atoms with van der Waals surface area (Å²) in [6.45, 7) is 0. The van der Waals surface area contributed by atoms with Crippen LogP contribution in [0.1, 0.15) is 43.6 Å². The Morgan fingerprint density at radius 3 is 1.97 bits per heavy atom. The van der Waals surface area contributed by atoms with E-state index >= 15 is 0 Å². The summed E-state index contributed by atoms with van der Waals surface area (Å²) in [4.78, 5) is 2.42. The molecule has 1 aliphatic rings. The summed E-state index contributed by atoms with van der Waals surface area (Å²) in [6, 6.07) is 48.9. The first-order valence-electron chi connectivity index (χ1n) is 14.3. The van der Waals surface area contributed by atoms with Crippen molar-refractivity contribution in [2.75, 3.05) is 4.90 Å². The largest absolute Gasteiger partial charge is 0.310 e. The van der Waals surface area contributed by atoms with Crippen molar-refractivity contribution in [3.05, 3.63) is 139 Å². The van der Waals surface area contributed by atoms with Crippen LogP contribution < -0.4 is 4.90 Å². The zero-order valence-electron chi connectivity index (χ0n) is 22.3. The van der Waals surface area contributed by atoms with Gasteiger partial charge in [-0.3, -0.25) is 0 Å². The van der Waals surface area contributed by atoms with Crippen molar-refractivity contribution in [3.63, 3.8) is 0 Å². The van der Waals surface area contributed by atoms with Gasteiger partial charge in [0.15, 0.2) is 0 Å². The van der Waals surface area contributed by atoms with Crippen LogP contribution in [0.5, 0.6) is 0 Å². The van der Waals surface area contributed by atoms with Gasteiger partial charge in [0.05, 0.1) is 5.69 Å². The van der Waals surface area contributed by atoms with Crippen LogP contribution in [0.25, 0.3) is 32.7 Å². The topological polar surface area (TPSA) is 3.24 Å². The van der Waals surface area contributed by atoms with E-state index < -0.39 is 0 Å². The molecule has 190 valence electrons. The molecule has 0 N–H and O–H groups in total. The van der Waals surface area contributed by atoms with Gasteiger partial charge >= 0.3 is 0 Å². The van der Waals surface area contributed by atoms with Gasteiger partial charge in [0.2, 0.25) is 0 Å². The molecule has 0 bridgehead atoms. The second-order valence-electron chi connectivity index (χ2n) is 10.8. The van der Waals surface area contributed by atoms with Gasteiger partial charge in [0.25, 0.3) is 0 Å². The summed E-state index contributed by atoms with van der Waals surface area (Å²) in [7, 11) is 0. The number of fused-ring (bicyclic) bond motifs is 2. The molecular weight excluding hydrogens is 470 g/mol. The number of hydrogen-bond acceptors (Lipinski definition) is 1. The number of nitrogens with zero attached hydrogens (tertiary/aromatic N) is 1. The van der Waals surface area contributed by atoms with E-state index in [4.69, 9.17) is 0 Å². The van der Waals surface area contributed by atoms with Crippen molar-refractivity contribution < 1.29 is 0 Å². The highest BCUT2D eigenvalue weighted by atomic mass is 15.1. The SMILES string of the molecule is c1ccc(N(c2ccc3ccccc3c2)c2ccccc2-c2cccc3cccc(C4CCCCC4)c23)cc1. The zero-order valence-corrected chi connectivity index (χ0v) is 22.3. The third-order valence-electron chi connectivity index (χ3n) is 8.42. The number of para-hydroxylation sites is 2. The number of anilines is 3. The first-order valence-corrected chi connectivity index (χ1v) is 14.3. The van der Waals surface area contributed by atoms with Crippen LogP contribution in [-0.4, -0.2) is 0 Å². The molecule has 0 aliphatic heterocycles. The van der Waals surface area contributed by atoms with E-state index in [0.29, 0.717) is 5.92 Å². The van der Waals surface area contributed by atoms with Crippen molar-refractivity contribution in [1.82, 2.24) is 0 Å². The van der Waals surface area contributed by atoms with E-state index in [9.17, 15) is 0 Å². The summed E-state index contributed by atoms with van der Waals surface area (Å²) in [6.07, 6.45) is 6.63. The number of benzene rings is 6. The summed E-state index contributed by atoms with van der Waals surface area (Å²) in [5, 5.41) is 5.26. The van der Waals surface area contributed by atoms with E-state index in [1.165, 1.54) is 81.7 Å². The fraction of sp³-hybridized carbons (Fsp3) is 0.158. The zero-order chi connectivity index (χ0) is 26.0. The molecule has 0 spiro atoms. The molecule has 0 unspecified atom stereocenters. The first kappa shape index (κ1) is 23.7. The van der Waals surface area contributed by atoms with Gasteiger partial charge < -0.3 is 4.90 Å². The Morgan fingerprint density at radius 1 is 0.462 bits per heavy atom. The van der Waals surface area contributed by atoms with Gasteiger partial charge in [0, 0.05) is 16.9 Å². The predicted molar refractivity (Wildman–Crippen MR) is 167 cm³/mol. The van der Waals surface area contributed by atoms with E-state index in [1.54, 1.807) is 0 Å². The molecular formula is C38H33N. The molecule has 0 radical (unpaired) electrons. The van der Waals surface area contributed by atoms with Gasteiger partial charge in [-0.1, -0.05) is 122 Å². The molecule has 0 atom stereocenters. The monoisotopic (exact) mass is 503 g/mol. The average molecular weight is 504 g/mol. The Kier molecular flexibility index (Phi) is 6.34. The summed E-state index contributed by atoms with van der Waals surface area (Å²) < 4.78 is 0. The maximum Gasteiger partial charge on any atom is 0.0540 e. The molecule has 7 rings (SSSR count). The van der Waals surface area contributed by atoms with Crippen LogP contribution in [0.4, 0.5) is 17.1 Å². The maximum atomic E-state index is 2.42. The standard InChI is InChI=1S/C38H33N/c1-3-14-29(15-4-1)34-22-11-17-30-18-12-23-36(38(30)34)35-21-9-10-24-37(35)39(32-19-5-2-6-20-32)33-26-25-28-13-7-8-16-31(28)27-33/h2,5-13,16-27,29H,1,3-4,14-15H2. The van der Waals surface area contributed by atoms with Crippen LogP contribution in [0.2, 0.25) is 0 Å². The molecule has 6 aromatic carbocycles. The Balaban J connectivity index is 1.46. The van der Waals surface area contributed by atoms with Crippen molar-refractivity contribution in [1.29, 1.82) is 0 Å². The highest BCUT2D eigenvalue weighted by molar-refractivity contribution is 6.03. The molecule has 0 aromatic heterocycles. The molecule has 1 fully saturated rings. The molecule has 1 aliphatic carbocycles. The molecule has 1 saturated carbocycles. The van der Waals surface area contributed by atoms with Crippen molar-refractivity contribution in [2.24, 2.45) is 0 Å². The highest BCUT2D eigenvalue weighted by Gasteiger charge is 2.22. The van der Waals surface area contributed by atoms with Crippen LogP contribution in [-0.2, 0) is 0 Å². The third kappa shape index (κ3) is 4.49. The van der Waals surface area contributed by atoms with E-state index in [-0.39, 0.29) is 0 Å². The third-order valence-corrected chi connectivity index (χ3v) is 8.42. The average Bonchev–Trinajstić information content (AvgIpc) is 3.02. The molecule has 0 heterocycles. The molecule has 0 amide bonds. The highest BCUT2D eigenvalue weighted by Crippen LogP contribution is 2.45. The molecule has 0 saturated heterocycles. The minimum atomic E-state index is 0.640. The fourth-order valence-corrected chi connectivity index (χ4v) is 6.56. The predicted octanol–water partition coefficient (Wildman–Crippen LogP) is 11.2. The molecule has 1 nitrogen and oxygen atoms in total. The van der Waals surface area contributed by atoms with Gasteiger partial charge in [-0.15, -0.1) is 0 Å². The second kappa shape index (κ2) is 10.4. The minimum absolute atomic E-state index is 0.640. The number of rotatable bonds is 5. The second-order valence-corrected chi connectivity index (χ2v) is 10.8. The lowest BCUT2D eigenvalue weighted by Crippen LogP contribution is -2.11. The smallest absolute Gasteiger partial charge is 0.0540 e. The Labute approximate surface area is 231 Å². The van der Waals surface area contributed by atoms with Crippen LogP contribution in [0.15, 0.2) is 133 Å². The fourth-order valence-electron chi connectivity index (χ4n) is 6.56. The Hall–Kier alpha value is -4.36. The van der Waals surface area contributed by atoms with Crippen molar-refractivity contribution in [2.45, 2.75) is 38.0 Å². The molecule has 6 aromatic rings. The van der Waals surface area contributed by atoms with Crippen molar-refractivity contribution >= 4 is 38.6 Å². The van der Waals surface area contributed by atoms with Crippen LogP contribution in [0.3, 0.4) is 0 Å². The molecule has 1 heteroatoms. The van der Waals surface area contributed by atoms with Gasteiger partial charge in [-0.2, -0.15) is 0 Å². The van der Waals surface area contributed by atoms with E-state index in [2.05, 4.69) is 138 Å². The lowest BCUT2D eigenvalue weighted by molar-refractivity contribution is 0.445. The lowest BCUT2D eigenvalue weighted by atomic mass is 9.80. The quantitative estimate of drug-likeness (QED) is 0.226. The number of hydrogen-bond donors (Lipinski definition) is 0. The van der Waals surface area contributed by atoms with E-state index in [1.807, 2.05) is 0 Å². The normalized spacial score (nSPS) is 14.1. The maximum absolute atomic E-state index is 2.42. The van der Waals surface area contributed by atoms with Crippen molar-refractivity contribution in [3.8, 4) is 11.1 Å². The minimum Gasteiger partial charge on any atom is -0.310 e.